The van der Waals surface area contributed by atoms with E-state index in [4.69, 9.17) is 60.6 Å². The Hall–Kier alpha value is -2.85. The number of ether oxygens (including phenoxy) is 3. The van der Waals surface area contributed by atoms with Gasteiger partial charge in [-0.25, -0.2) is 4.99 Å². The van der Waals surface area contributed by atoms with Crippen LogP contribution in [0.2, 0.25) is 20.1 Å². The SMILES string of the molecule is COCCOCCOc1ccc(Cl)cc1C(=O)NC1N=C(c2c(Cl)cc(Cl)cc2Cl)c2ccccc2NC1=O. The minimum absolute atomic E-state index is 0.119. The van der Waals surface area contributed by atoms with Crippen LogP contribution in [0.1, 0.15) is 21.5 Å². The largest absolute Gasteiger partial charge is 0.490 e. The number of rotatable bonds is 10. The second-order valence-electron chi connectivity index (χ2n) is 8.23. The van der Waals surface area contributed by atoms with Gasteiger partial charge < -0.3 is 24.8 Å². The molecule has 0 fully saturated rings. The van der Waals surface area contributed by atoms with Gasteiger partial charge in [0.05, 0.1) is 46.8 Å². The number of hydrogen-bond donors (Lipinski definition) is 2. The van der Waals surface area contributed by atoms with Gasteiger partial charge in [0.1, 0.15) is 12.4 Å². The lowest BCUT2D eigenvalue weighted by molar-refractivity contribution is -0.117. The summed E-state index contributed by atoms with van der Waals surface area (Å²) >= 11 is 25.3. The number of para-hydroxylation sites is 1. The second kappa shape index (κ2) is 13.5. The number of nitrogens with one attached hydrogen (secondary N) is 2. The van der Waals surface area contributed by atoms with Gasteiger partial charge in [0, 0.05) is 28.3 Å². The third kappa shape index (κ3) is 7.22. The summed E-state index contributed by atoms with van der Waals surface area (Å²) in [5.41, 5.74) is 1.82. The Bertz CT molecular complexity index is 1390. The number of hydrogen-bond acceptors (Lipinski definition) is 6. The molecule has 3 aromatic rings. The van der Waals surface area contributed by atoms with Gasteiger partial charge in [-0.2, -0.15) is 0 Å². The van der Waals surface area contributed by atoms with Crippen LogP contribution in [0.15, 0.2) is 59.6 Å². The van der Waals surface area contributed by atoms with Crippen LogP contribution >= 0.6 is 46.4 Å². The molecule has 8 nitrogen and oxygen atoms in total. The topological polar surface area (TPSA) is 98.2 Å². The molecule has 1 atom stereocenters. The van der Waals surface area contributed by atoms with Crippen molar-refractivity contribution in [2.24, 2.45) is 4.99 Å². The molecule has 1 aliphatic heterocycles. The molecular weight excluding hydrogens is 588 g/mol. The number of anilines is 1. The predicted octanol–water partition coefficient (Wildman–Crippen LogP) is 5.89. The number of nitrogens with zero attached hydrogens (tertiary/aromatic N) is 1. The Morgan fingerprint density at radius 2 is 1.67 bits per heavy atom. The van der Waals surface area contributed by atoms with Crippen LogP contribution in [-0.2, 0) is 14.3 Å². The van der Waals surface area contributed by atoms with Gasteiger partial charge in [-0.05, 0) is 36.4 Å². The maximum absolute atomic E-state index is 13.4. The second-order valence-corrected chi connectivity index (χ2v) is 9.91. The first-order valence-corrected chi connectivity index (χ1v) is 13.2. The fraction of sp³-hybridized carbons (Fsp3) is 0.222. The molecule has 2 amide bonds. The maximum Gasteiger partial charge on any atom is 0.269 e. The zero-order chi connectivity index (χ0) is 27.9. The molecule has 1 unspecified atom stereocenters. The van der Waals surface area contributed by atoms with E-state index < -0.39 is 18.0 Å². The molecule has 2 N–H and O–H groups in total. The van der Waals surface area contributed by atoms with Crippen molar-refractivity contribution in [1.82, 2.24) is 5.32 Å². The van der Waals surface area contributed by atoms with Crippen LogP contribution in [0, 0.1) is 0 Å². The lowest BCUT2D eigenvalue weighted by Crippen LogP contribution is -2.42. The molecule has 12 heteroatoms. The van der Waals surface area contributed by atoms with Crippen LogP contribution in [0.25, 0.3) is 0 Å². The standard InChI is InChI=1S/C27H23Cl4N3O5/c1-37-8-9-38-10-11-39-22-7-6-15(28)12-18(22)26(35)34-25-27(36)32-21-5-3-2-4-17(21)24(33-25)23-19(30)13-16(29)14-20(23)31/h2-7,12-14,25H,8-11H2,1H3,(H,32,36)(H,34,35). The van der Waals surface area contributed by atoms with Gasteiger partial charge in [-0.3, -0.25) is 9.59 Å². The van der Waals surface area contributed by atoms with E-state index in [1.165, 1.54) is 18.2 Å². The van der Waals surface area contributed by atoms with Crippen molar-refractivity contribution in [2.75, 3.05) is 38.9 Å². The van der Waals surface area contributed by atoms with Crippen LogP contribution in [-0.4, -0.2) is 57.2 Å². The van der Waals surface area contributed by atoms with E-state index in [1.54, 1.807) is 43.5 Å². The van der Waals surface area contributed by atoms with Crippen molar-refractivity contribution in [3.63, 3.8) is 0 Å². The summed E-state index contributed by atoms with van der Waals surface area (Å²) in [4.78, 5) is 31.2. The summed E-state index contributed by atoms with van der Waals surface area (Å²) in [5.74, 6) is -0.934. The molecule has 4 rings (SSSR count). The average Bonchev–Trinajstić information content (AvgIpc) is 3.02. The Morgan fingerprint density at radius 1 is 0.949 bits per heavy atom. The van der Waals surface area contributed by atoms with Crippen molar-refractivity contribution >= 4 is 69.6 Å². The molecule has 0 saturated carbocycles. The first-order chi connectivity index (χ1) is 18.8. The zero-order valence-electron chi connectivity index (χ0n) is 20.6. The molecule has 0 bridgehead atoms. The van der Waals surface area contributed by atoms with E-state index in [0.29, 0.717) is 45.8 Å². The predicted molar refractivity (Wildman–Crippen MR) is 153 cm³/mol. The number of aliphatic imine (C=N–C) groups is 1. The van der Waals surface area contributed by atoms with E-state index in [-0.39, 0.29) is 34.6 Å². The Labute approximate surface area is 245 Å². The Morgan fingerprint density at radius 3 is 2.41 bits per heavy atom. The molecule has 3 aromatic carbocycles. The zero-order valence-corrected chi connectivity index (χ0v) is 23.6. The number of benzodiazepines with no additional fused rings is 1. The van der Waals surface area contributed by atoms with E-state index in [0.717, 1.165) is 0 Å². The summed E-state index contributed by atoms with van der Waals surface area (Å²) in [6, 6.07) is 14.7. The Kier molecular flexibility index (Phi) is 10.1. The molecule has 0 radical (unpaired) electrons. The minimum atomic E-state index is -1.34. The summed E-state index contributed by atoms with van der Waals surface area (Å²) < 4.78 is 16.1. The van der Waals surface area contributed by atoms with E-state index in [2.05, 4.69) is 15.6 Å². The quantitative estimate of drug-likeness (QED) is 0.279. The third-order valence-electron chi connectivity index (χ3n) is 5.56. The molecule has 204 valence electrons. The molecule has 1 aliphatic rings. The van der Waals surface area contributed by atoms with Gasteiger partial charge in [0.15, 0.2) is 0 Å². The van der Waals surface area contributed by atoms with Crippen molar-refractivity contribution in [3.8, 4) is 5.75 Å². The average molecular weight is 611 g/mol. The highest BCUT2D eigenvalue weighted by Gasteiger charge is 2.30. The molecule has 0 aromatic heterocycles. The molecular formula is C27H23Cl4N3O5. The number of benzene rings is 3. The third-order valence-corrected chi connectivity index (χ3v) is 6.61. The Balaban J connectivity index is 1.64. The van der Waals surface area contributed by atoms with Crippen LogP contribution < -0.4 is 15.4 Å². The molecule has 0 aliphatic carbocycles. The molecule has 0 saturated heterocycles. The van der Waals surface area contributed by atoms with Gasteiger partial charge >= 0.3 is 0 Å². The van der Waals surface area contributed by atoms with E-state index >= 15 is 0 Å². The van der Waals surface area contributed by atoms with Crippen LogP contribution in [0.5, 0.6) is 5.75 Å². The summed E-state index contributed by atoms with van der Waals surface area (Å²) in [6.45, 7) is 1.33. The van der Waals surface area contributed by atoms with Gasteiger partial charge in [-0.15, -0.1) is 0 Å². The number of fused-ring (bicyclic) bond motifs is 1. The van der Waals surface area contributed by atoms with Crippen molar-refractivity contribution in [2.45, 2.75) is 6.17 Å². The van der Waals surface area contributed by atoms with Gasteiger partial charge in [-0.1, -0.05) is 64.6 Å². The first kappa shape index (κ1) is 29.1. The van der Waals surface area contributed by atoms with Crippen LogP contribution in [0.4, 0.5) is 5.69 Å². The molecule has 1 heterocycles. The smallest absolute Gasteiger partial charge is 0.269 e. The molecule has 39 heavy (non-hydrogen) atoms. The highest BCUT2D eigenvalue weighted by molar-refractivity contribution is 6.44. The number of carbonyl (C=O) groups excluding carboxylic acids is 2. The highest BCUT2D eigenvalue weighted by Crippen LogP contribution is 2.34. The first-order valence-electron chi connectivity index (χ1n) is 11.7. The van der Waals surface area contributed by atoms with Crippen LogP contribution in [0.3, 0.4) is 0 Å². The maximum atomic E-state index is 13.4. The van der Waals surface area contributed by atoms with Crippen molar-refractivity contribution in [1.29, 1.82) is 0 Å². The summed E-state index contributed by atoms with van der Waals surface area (Å²) in [7, 11) is 1.58. The molecule has 0 spiro atoms. The van der Waals surface area contributed by atoms with E-state index in [9.17, 15) is 9.59 Å². The summed E-state index contributed by atoms with van der Waals surface area (Å²) in [6.07, 6.45) is -1.34. The van der Waals surface area contributed by atoms with Gasteiger partial charge in [0.2, 0.25) is 6.17 Å². The monoisotopic (exact) mass is 609 g/mol. The fourth-order valence-electron chi connectivity index (χ4n) is 3.78. The van der Waals surface area contributed by atoms with Crippen molar-refractivity contribution in [3.05, 3.63) is 91.4 Å². The lowest BCUT2D eigenvalue weighted by atomic mass is 10.0. The highest BCUT2D eigenvalue weighted by atomic mass is 35.5. The van der Waals surface area contributed by atoms with Crippen molar-refractivity contribution < 1.29 is 23.8 Å². The minimum Gasteiger partial charge on any atom is -0.490 e. The van der Waals surface area contributed by atoms with E-state index in [1.807, 2.05) is 0 Å². The number of amides is 2. The van der Waals surface area contributed by atoms with Gasteiger partial charge in [0.25, 0.3) is 11.8 Å². The number of methoxy groups -OCH3 is 1. The fourth-order valence-corrected chi connectivity index (χ4v) is 4.95. The normalized spacial score (nSPS) is 14.6. The number of halogens is 4. The lowest BCUT2D eigenvalue weighted by Gasteiger charge is -2.16. The summed E-state index contributed by atoms with van der Waals surface area (Å²) in [5, 5.41) is 6.58. The number of carbonyl (C=O) groups is 2.